The number of rotatable bonds is 6. The summed E-state index contributed by atoms with van der Waals surface area (Å²) in [4.78, 5) is 26.6. The van der Waals surface area contributed by atoms with Gasteiger partial charge in [-0.15, -0.1) is 0 Å². The van der Waals surface area contributed by atoms with Crippen LogP contribution >= 0.6 is 0 Å². The van der Waals surface area contributed by atoms with Crippen LogP contribution in [0.15, 0.2) is 36.4 Å². The van der Waals surface area contributed by atoms with Gasteiger partial charge >= 0.3 is 0 Å². The summed E-state index contributed by atoms with van der Waals surface area (Å²) in [7, 11) is 1.81. The molecule has 27 heavy (non-hydrogen) atoms. The number of aromatic nitrogens is 2. The Bertz CT molecular complexity index is 780. The van der Waals surface area contributed by atoms with E-state index in [4.69, 9.17) is 4.74 Å². The predicted octanol–water partition coefficient (Wildman–Crippen LogP) is 2.37. The zero-order chi connectivity index (χ0) is 19.2. The third kappa shape index (κ3) is 5.09. The van der Waals surface area contributed by atoms with Gasteiger partial charge in [0.15, 0.2) is 0 Å². The minimum Gasteiger partial charge on any atom is -0.493 e. The number of nitrogens with one attached hydrogen (secondary N) is 1. The number of anilines is 1. The number of hydrogen-bond acceptors (Lipinski definition) is 4. The van der Waals surface area contributed by atoms with E-state index in [0.29, 0.717) is 44.8 Å². The summed E-state index contributed by atoms with van der Waals surface area (Å²) in [6, 6.07) is 11.3. The van der Waals surface area contributed by atoms with Gasteiger partial charge in [-0.3, -0.25) is 14.3 Å². The molecule has 7 nitrogen and oxygen atoms in total. The second-order valence-corrected chi connectivity index (χ2v) is 6.85. The maximum absolute atomic E-state index is 12.5. The molecule has 0 spiro atoms. The maximum atomic E-state index is 12.5. The van der Waals surface area contributed by atoms with Gasteiger partial charge in [0.2, 0.25) is 11.8 Å². The van der Waals surface area contributed by atoms with Crippen molar-refractivity contribution in [2.75, 3.05) is 25.0 Å². The van der Waals surface area contributed by atoms with E-state index in [0.717, 1.165) is 11.4 Å². The minimum atomic E-state index is -0.0789. The fourth-order valence-corrected chi connectivity index (χ4v) is 3.28. The summed E-state index contributed by atoms with van der Waals surface area (Å²) in [5.74, 6) is 1.47. The topological polar surface area (TPSA) is 76.5 Å². The van der Waals surface area contributed by atoms with E-state index < -0.39 is 0 Å². The Morgan fingerprint density at radius 3 is 2.56 bits per heavy atom. The molecule has 0 unspecified atom stereocenters. The van der Waals surface area contributed by atoms with Crippen LogP contribution in [0, 0.1) is 12.8 Å². The average Bonchev–Trinajstić information content (AvgIpc) is 2.99. The van der Waals surface area contributed by atoms with Gasteiger partial charge in [0.1, 0.15) is 11.6 Å². The first kappa shape index (κ1) is 18.9. The number of carbonyl (C=O) groups is 2. The Morgan fingerprint density at radius 1 is 1.22 bits per heavy atom. The van der Waals surface area contributed by atoms with E-state index in [2.05, 4.69) is 10.4 Å². The zero-order valence-corrected chi connectivity index (χ0v) is 15.9. The van der Waals surface area contributed by atoms with Gasteiger partial charge in [0, 0.05) is 32.1 Å². The molecule has 3 rings (SSSR count). The van der Waals surface area contributed by atoms with Crippen molar-refractivity contribution in [3.8, 4) is 5.75 Å². The lowest BCUT2D eigenvalue weighted by Crippen LogP contribution is -2.42. The van der Waals surface area contributed by atoms with Gasteiger partial charge in [-0.25, -0.2) is 0 Å². The monoisotopic (exact) mass is 370 g/mol. The first-order valence-corrected chi connectivity index (χ1v) is 9.30. The predicted molar refractivity (Wildman–Crippen MR) is 102 cm³/mol. The van der Waals surface area contributed by atoms with Crippen LogP contribution in [0.2, 0.25) is 0 Å². The van der Waals surface area contributed by atoms with Crippen LogP contribution in [0.3, 0.4) is 0 Å². The number of nitrogens with zero attached hydrogens (tertiary/aromatic N) is 3. The quantitative estimate of drug-likeness (QED) is 0.847. The molecule has 1 aliphatic rings. The van der Waals surface area contributed by atoms with Gasteiger partial charge in [0.25, 0.3) is 0 Å². The number of piperidine rings is 1. The summed E-state index contributed by atoms with van der Waals surface area (Å²) in [6.07, 6.45) is 1.70. The van der Waals surface area contributed by atoms with Crippen molar-refractivity contribution in [2.45, 2.75) is 26.2 Å². The number of aryl methyl sites for hydroxylation is 2. The standard InChI is InChI=1S/C20H26N4O3/c1-15-14-18(23(2)22-15)21-20(26)16-8-11-24(12-9-16)19(25)10-13-27-17-6-4-3-5-7-17/h3-7,14,16H,8-13H2,1-2H3,(H,21,26). The molecule has 2 amide bonds. The average molecular weight is 370 g/mol. The molecule has 2 heterocycles. The molecule has 1 aliphatic heterocycles. The fraction of sp³-hybridized carbons (Fsp3) is 0.450. The number of hydrogen-bond donors (Lipinski definition) is 1. The molecule has 1 aromatic carbocycles. The van der Waals surface area contributed by atoms with Crippen molar-refractivity contribution in [3.63, 3.8) is 0 Å². The molecule has 2 aromatic rings. The fourth-order valence-electron chi connectivity index (χ4n) is 3.28. The van der Waals surface area contributed by atoms with Crippen molar-refractivity contribution in [2.24, 2.45) is 13.0 Å². The van der Waals surface area contributed by atoms with Crippen LogP contribution in [-0.2, 0) is 16.6 Å². The third-order valence-electron chi connectivity index (χ3n) is 4.80. The summed E-state index contributed by atoms with van der Waals surface area (Å²) < 4.78 is 7.25. The molecule has 7 heteroatoms. The number of likely N-dealkylation sites (tertiary alicyclic amines) is 1. The van der Waals surface area contributed by atoms with E-state index in [1.54, 1.807) is 11.7 Å². The lowest BCUT2D eigenvalue weighted by Gasteiger charge is -2.31. The first-order valence-electron chi connectivity index (χ1n) is 9.30. The van der Waals surface area contributed by atoms with Gasteiger partial charge < -0.3 is 15.0 Å². The number of ether oxygens (including phenoxy) is 1. The minimum absolute atomic E-state index is 0.00231. The van der Waals surface area contributed by atoms with Crippen LogP contribution in [0.4, 0.5) is 5.82 Å². The normalized spacial score (nSPS) is 14.8. The van der Waals surface area contributed by atoms with Gasteiger partial charge in [-0.05, 0) is 31.9 Å². The molecule has 0 radical (unpaired) electrons. The molecule has 0 aliphatic carbocycles. The number of benzene rings is 1. The van der Waals surface area contributed by atoms with Crippen LogP contribution < -0.4 is 10.1 Å². The van der Waals surface area contributed by atoms with Crippen molar-refractivity contribution < 1.29 is 14.3 Å². The van der Waals surface area contributed by atoms with Gasteiger partial charge in [-0.2, -0.15) is 5.10 Å². The Labute approximate surface area is 159 Å². The Morgan fingerprint density at radius 2 is 1.93 bits per heavy atom. The van der Waals surface area contributed by atoms with Crippen LogP contribution in [-0.4, -0.2) is 46.2 Å². The van der Waals surface area contributed by atoms with Crippen molar-refractivity contribution in [3.05, 3.63) is 42.1 Å². The lowest BCUT2D eigenvalue weighted by atomic mass is 9.95. The van der Waals surface area contributed by atoms with Gasteiger partial charge in [0.05, 0.1) is 18.7 Å². The van der Waals surface area contributed by atoms with E-state index >= 15 is 0 Å². The first-order chi connectivity index (χ1) is 13.0. The molecule has 0 saturated carbocycles. The lowest BCUT2D eigenvalue weighted by molar-refractivity contribution is -0.135. The second-order valence-electron chi connectivity index (χ2n) is 6.85. The maximum Gasteiger partial charge on any atom is 0.228 e. The highest BCUT2D eigenvalue weighted by Crippen LogP contribution is 2.20. The third-order valence-corrected chi connectivity index (χ3v) is 4.80. The van der Waals surface area contributed by atoms with Crippen LogP contribution in [0.1, 0.15) is 25.0 Å². The van der Waals surface area contributed by atoms with E-state index in [9.17, 15) is 9.59 Å². The molecule has 144 valence electrons. The highest BCUT2D eigenvalue weighted by molar-refractivity contribution is 5.92. The molecular weight excluding hydrogens is 344 g/mol. The molecule has 1 fully saturated rings. The number of carbonyl (C=O) groups excluding carboxylic acids is 2. The second kappa shape index (κ2) is 8.70. The number of para-hydroxylation sites is 1. The van der Waals surface area contributed by atoms with Crippen LogP contribution in [0.25, 0.3) is 0 Å². The SMILES string of the molecule is Cc1cc(NC(=O)C2CCN(C(=O)CCOc3ccccc3)CC2)n(C)n1. The highest BCUT2D eigenvalue weighted by atomic mass is 16.5. The Hall–Kier alpha value is -2.83. The molecule has 0 atom stereocenters. The van der Waals surface area contributed by atoms with Crippen molar-refractivity contribution >= 4 is 17.6 Å². The van der Waals surface area contributed by atoms with Crippen LogP contribution in [0.5, 0.6) is 5.75 Å². The largest absolute Gasteiger partial charge is 0.493 e. The number of amides is 2. The van der Waals surface area contributed by atoms with Crippen molar-refractivity contribution in [1.29, 1.82) is 0 Å². The Balaban J connectivity index is 1.40. The summed E-state index contributed by atoms with van der Waals surface area (Å²) in [6.45, 7) is 3.46. The van der Waals surface area contributed by atoms with Gasteiger partial charge in [-0.1, -0.05) is 18.2 Å². The summed E-state index contributed by atoms with van der Waals surface area (Å²) in [5, 5.41) is 7.17. The molecule has 0 bridgehead atoms. The van der Waals surface area contributed by atoms with Crippen molar-refractivity contribution in [1.82, 2.24) is 14.7 Å². The smallest absolute Gasteiger partial charge is 0.228 e. The molecule has 1 N–H and O–H groups in total. The van der Waals surface area contributed by atoms with E-state index in [1.807, 2.05) is 48.2 Å². The van der Waals surface area contributed by atoms with E-state index in [-0.39, 0.29) is 17.7 Å². The van der Waals surface area contributed by atoms with E-state index in [1.165, 1.54) is 0 Å². The summed E-state index contributed by atoms with van der Waals surface area (Å²) >= 11 is 0. The highest BCUT2D eigenvalue weighted by Gasteiger charge is 2.27. The molecule has 1 saturated heterocycles. The molecule has 1 aromatic heterocycles. The summed E-state index contributed by atoms with van der Waals surface area (Å²) in [5.41, 5.74) is 0.867. The Kier molecular flexibility index (Phi) is 6.11. The molecular formula is C20H26N4O3. The zero-order valence-electron chi connectivity index (χ0n) is 15.9.